The van der Waals surface area contributed by atoms with Gasteiger partial charge in [-0.3, -0.25) is 9.59 Å². The summed E-state index contributed by atoms with van der Waals surface area (Å²) < 4.78 is 16.4. The fourth-order valence-electron chi connectivity index (χ4n) is 3.12. The van der Waals surface area contributed by atoms with Crippen LogP contribution in [0.2, 0.25) is 0 Å². The van der Waals surface area contributed by atoms with Crippen LogP contribution < -0.4 is 10.6 Å². The molecule has 3 rings (SSSR count). The molecule has 1 unspecified atom stereocenters. The molecule has 7 nitrogen and oxygen atoms in total. The number of aryl methyl sites for hydroxylation is 1. The molecule has 1 saturated heterocycles. The van der Waals surface area contributed by atoms with E-state index >= 15 is 0 Å². The number of benzene rings is 1. The maximum atomic E-state index is 14.5. The molecule has 1 aliphatic heterocycles. The van der Waals surface area contributed by atoms with E-state index in [9.17, 15) is 14.0 Å². The largest absolute Gasteiger partial charge is 0.336 e. The standard InChI is InChI=1S/C20H26FN5O2/c1-20(2,3)19(28)24-13-5-6-15(21)14(11-13)18(27)26-10-7-22-12-16(26)17-23-8-9-25(17)4/h5-6,8-9,11,16,22H,7,10,12H2,1-4H3,(H,24,28). The number of carbonyl (C=O) groups is 2. The highest BCUT2D eigenvalue weighted by Crippen LogP contribution is 2.26. The third-order valence-corrected chi connectivity index (χ3v) is 4.80. The number of anilines is 1. The normalized spacial score (nSPS) is 17.5. The number of piperazine rings is 1. The molecular formula is C20H26FN5O2. The van der Waals surface area contributed by atoms with Gasteiger partial charge in [0.25, 0.3) is 5.91 Å². The number of nitrogens with zero attached hydrogens (tertiary/aromatic N) is 3. The molecule has 1 aliphatic rings. The Labute approximate surface area is 163 Å². The number of hydrogen-bond acceptors (Lipinski definition) is 4. The van der Waals surface area contributed by atoms with Crippen molar-refractivity contribution in [2.75, 3.05) is 25.0 Å². The number of hydrogen-bond donors (Lipinski definition) is 2. The number of halogens is 1. The molecule has 0 saturated carbocycles. The highest BCUT2D eigenvalue weighted by molar-refractivity contribution is 5.98. The number of nitrogens with one attached hydrogen (secondary N) is 2. The van der Waals surface area contributed by atoms with Crippen molar-refractivity contribution in [1.29, 1.82) is 0 Å². The molecule has 1 aromatic carbocycles. The first-order valence-corrected chi connectivity index (χ1v) is 9.28. The summed E-state index contributed by atoms with van der Waals surface area (Å²) in [6.07, 6.45) is 3.49. The average Bonchev–Trinajstić information content (AvgIpc) is 3.07. The lowest BCUT2D eigenvalue weighted by molar-refractivity contribution is -0.123. The fourth-order valence-corrected chi connectivity index (χ4v) is 3.12. The van der Waals surface area contributed by atoms with Crippen LogP contribution in [0.15, 0.2) is 30.6 Å². The molecular weight excluding hydrogens is 361 g/mol. The number of aromatic nitrogens is 2. The van der Waals surface area contributed by atoms with E-state index in [0.717, 1.165) is 5.82 Å². The molecule has 150 valence electrons. The van der Waals surface area contributed by atoms with E-state index < -0.39 is 17.1 Å². The number of imidazole rings is 1. The Balaban J connectivity index is 1.89. The lowest BCUT2D eigenvalue weighted by atomic mass is 9.95. The second kappa shape index (κ2) is 7.71. The summed E-state index contributed by atoms with van der Waals surface area (Å²) in [4.78, 5) is 31.4. The van der Waals surface area contributed by atoms with E-state index in [2.05, 4.69) is 15.6 Å². The van der Waals surface area contributed by atoms with Gasteiger partial charge in [-0.05, 0) is 18.2 Å². The maximum absolute atomic E-state index is 14.5. The van der Waals surface area contributed by atoms with Gasteiger partial charge in [-0.15, -0.1) is 0 Å². The van der Waals surface area contributed by atoms with E-state index in [0.29, 0.717) is 25.3 Å². The first-order valence-electron chi connectivity index (χ1n) is 9.28. The molecule has 28 heavy (non-hydrogen) atoms. The molecule has 0 spiro atoms. The molecule has 1 fully saturated rings. The molecule has 0 bridgehead atoms. The first-order chi connectivity index (χ1) is 13.2. The van der Waals surface area contributed by atoms with E-state index in [4.69, 9.17) is 0 Å². The van der Waals surface area contributed by atoms with Crippen molar-refractivity contribution in [1.82, 2.24) is 19.8 Å². The maximum Gasteiger partial charge on any atom is 0.257 e. The molecule has 8 heteroatoms. The van der Waals surface area contributed by atoms with Crippen LogP contribution in [0.25, 0.3) is 0 Å². The highest BCUT2D eigenvalue weighted by atomic mass is 19.1. The van der Waals surface area contributed by atoms with E-state index in [1.807, 2.05) is 17.8 Å². The van der Waals surface area contributed by atoms with Crippen molar-refractivity contribution >= 4 is 17.5 Å². The summed E-state index contributed by atoms with van der Waals surface area (Å²) in [5.41, 5.74) is -0.262. The third-order valence-electron chi connectivity index (χ3n) is 4.80. The Bertz CT molecular complexity index is 887. The molecule has 0 aliphatic carbocycles. The monoisotopic (exact) mass is 387 g/mol. The smallest absolute Gasteiger partial charge is 0.257 e. The van der Waals surface area contributed by atoms with Gasteiger partial charge in [0.05, 0.1) is 5.56 Å². The van der Waals surface area contributed by atoms with Gasteiger partial charge in [0.1, 0.15) is 17.7 Å². The molecule has 2 aromatic rings. The van der Waals surface area contributed by atoms with Gasteiger partial charge < -0.3 is 20.1 Å². The zero-order valence-corrected chi connectivity index (χ0v) is 16.6. The van der Waals surface area contributed by atoms with Crippen LogP contribution in [0.5, 0.6) is 0 Å². The zero-order chi connectivity index (χ0) is 20.5. The summed E-state index contributed by atoms with van der Waals surface area (Å²) in [5.74, 6) is -0.501. The van der Waals surface area contributed by atoms with E-state index in [1.165, 1.54) is 18.2 Å². The number of rotatable bonds is 3. The Morgan fingerprint density at radius 2 is 2.07 bits per heavy atom. The topological polar surface area (TPSA) is 79.3 Å². The van der Waals surface area contributed by atoms with Crippen LogP contribution >= 0.6 is 0 Å². The SMILES string of the molecule is Cn1ccnc1C1CNCCN1C(=O)c1cc(NC(=O)C(C)(C)C)ccc1F. The molecule has 2 amide bonds. The second-order valence-corrected chi connectivity index (χ2v) is 8.01. The van der Waals surface area contributed by atoms with Crippen LogP contribution in [0.3, 0.4) is 0 Å². The van der Waals surface area contributed by atoms with E-state index in [-0.39, 0.29) is 17.5 Å². The van der Waals surface area contributed by atoms with Crippen molar-refractivity contribution < 1.29 is 14.0 Å². The lowest BCUT2D eigenvalue weighted by Crippen LogP contribution is -2.49. The minimum absolute atomic E-state index is 0.0622. The van der Waals surface area contributed by atoms with Crippen LogP contribution in [0.1, 0.15) is 43.0 Å². The van der Waals surface area contributed by atoms with Crippen molar-refractivity contribution in [3.05, 3.63) is 47.8 Å². The molecule has 2 heterocycles. The minimum atomic E-state index is -0.615. The first kappa shape index (κ1) is 20.0. The van der Waals surface area contributed by atoms with Crippen LogP contribution in [-0.2, 0) is 11.8 Å². The van der Waals surface area contributed by atoms with Gasteiger partial charge >= 0.3 is 0 Å². The second-order valence-electron chi connectivity index (χ2n) is 8.01. The molecule has 0 radical (unpaired) electrons. The third kappa shape index (κ3) is 4.06. The molecule has 2 N–H and O–H groups in total. The van der Waals surface area contributed by atoms with Gasteiger partial charge in [-0.1, -0.05) is 20.8 Å². The Morgan fingerprint density at radius 1 is 1.32 bits per heavy atom. The minimum Gasteiger partial charge on any atom is -0.336 e. The zero-order valence-electron chi connectivity index (χ0n) is 16.6. The molecule has 1 atom stereocenters. The van der Waals surface area contributed by atoms with Crippen LogP contribution in [0.4, 0.5) is 10.1 Å². The van der Waals surface area contributed by atoms with E-state index in [1.54, 1.807) is 31.9 Å². The lowest BCUT2D eigenvalue weighted by Gasteiger charge is -2.36. The van der Waals surface area contributed by atoms with Crippen molar-refractivity contribution in [2.45, 2.75) is 26.8 Å². The summed E-state index contributed by atoms with van der Waals surface area (Å²) in [5, 5.41) is 6.01. The van der Waals surface area contributed by atoms with Gasteiger partial charge in [0.15, 0.2) is 0 Å². The molecule has 1 aromatic heterocycles. The van der Waals surface area contributed by atoms with Gasteiger partial charge in [-0.2, -0.15) is 0 Å². The van der Waals surface area contributed by atoms with Gasteiger partial charge in [-0.25, -0.2) is 9.37 Å². The summed E-state index contributed by atoms with van der Waals surface area (Å²) >= 11 is 0. The Kier molecular flexibility index (Phi) is 5.51. The summed E-state index contributed by atoms with van der Waals surface area (Å²) in [6.45, 7) is 6.96. The summed E-state index contributed by atoms with van der Waals surface area (Å²) in [7, 11) is 1.86. The van der Waals surface area contributed by atoms with Gasteiger partial charge in [0, 0.05) is 50.2 Å². The Morgan fingerprint density at radius 3 is 2.71 bits per heavy atom. The van der Waals surface area contributed by atoms with Gasteiger partial charge in [0.2, 0.25) is 5.91 Å². The highest BCUT2D eigenvalue weighted by Gasteiger charge is 2.32. The van der Waals surface area contributed by atoms with Crippen LogP contribution in [0, 0.1) is 11.2 Å². The van der Waals surface area contributed by atoms with Crippen molar-refractivity contribution in [3.63, 3.8) is 0 Å². The fraction of sp³-hybridized carbons (Fsp3) is 0.450. The Hall–Kier alpha value is -2.74. The van der Waals surface area contributed by atoms with Crippen LogP contribution in [-0.4, -0.2) is 45.9 Å². The average molecular weight is 387 g/mol. The number of carbonyl (C=O) groups excluding carboxylic acids is 2. The predicted molar refractivity (Wildman–Crippen MR) is 104 cm³/mol. The summed E-state index contributed by atoms with van der Waals surface area (Å²) in [6, 6.07) is 3.78. The number of amides is 2. The van der Waals surface area contributed by atoms with Crippen molar-refractivity contribution in [2.24, 2.45) is 12.5 Å². The van der Waals surface area contributed by atoms with Crippen molar-refractivity contribution in [3.8, 4) is 0 Å². The quantitative estimate of drug-likeness (QED) is 0.847. The predicted octanol–water partition coefficient (Wildman–Crippen LogP) is 2.33.